The van der Waals surface area contributed by atoms with Gasteiger partial charge in [0.25, 0.3) is 11.8 Å². The maximum atomic E-state index is 13.1. The predicted octanol–water partition coefficient (Wildman–Crippen LogP) is 8.35. The Morgan fingerprint density at radius 2 is 1.53 bits per heavy atom. The van der Waals surface area contributed by atoms with Crippen LogP contribution in [0.1, 0.15) is 77.6 Å². The molecule has 11 heteroatoms. The number of hydrogen-bond acceptors (Lipinski definition) is 8. The first kappa shape index (κ1) is 37.1. The Bertz CT molecular complexity index is 2540. The molecule has 1 saturated heterocycles. The summed E-state index contributed by atoms with van der Waals surface area (Å²) in [6, 6.07) is 25.1. The lowest BCUT2D eigenvalue weighted by atomic mass is 9.92. The zero-order chi connectivity index (χ0) is 39.8. The van der Waals surface area contributed by atoms with Crippen molar-refractivity contribution in [3.63, 3.8) is 0 Å². The number of ether oxygens (including phenoxy) is 3. The number of carbonyl (C=O) groups excluding carboxylic acids is 3. The van der Waals surface area contributed by atoms with Crippen LogP contribution >= 0.6 is 0 Å². The average molecular weight is 776 g/mol. The second kappa shape index (κ2) is 15.8. The minimum Gasteiger partial charge on any atom is -0.494 e. The van der Waals surface area contributed by atoms with Gasteiger partial charge in [-0.2, -0.15) is 0 Å². The zero-order valence-electron chi connectivity index (χ0n) is 32.5. The first-order chi connectivity index (χ1) is 28.3. The van der Waals surface area contributed by atoms with Crippen molar-refractivity contribution in [3.05, 3.63) is 126 Å². The van der Waals surface area contributed by atoms with Gasteiger partial charge >= 0.3 is 0 Å². The number of piperidine rings is 1. The van der Waals surface area contributed by atoms with Crippen LogP contribution in [0.4, 0.5) is 0 Å². The predicted molar refractivity (Wildman–Crippen MR) is 221 cm³/mol. The highest BCUT2D eigenvalue weighted by molar-refractivity contribution is 6.23. The SMILES string of the molecule is C=C1CCC(N2C(=O)c3ccc(OCCCCCCc4ccc(OC5CC(Oc6ccc(-c7ccc8c9cnccc9n(C)c8c7)cn6)C5)cc4)cc3C2=O)C(=O)N1. The van der Waals surface area contributed by atoms with Crippen molar-refractivity contribution in [3.8, 4) is 28.5 Å². The molecule has 58 heavy (non-hydrogen) atoms. The standard InChI is InChI=1S/C47H45N5O6/c1-29-8-18-42(45(53)50-29)52-46(54)38-17-15-34(26-39(38)47(52)55)56-22-6-4-3-5-7-30-9-13-33(14-10-30)57-35-24-36(25-35)58-44-19-12-32(27-49-44)31-11-16-37-40-28-48-21-20-41(40)51(2)43(37)23-31/h9-17,19-21,23,26-28,35-36,42H,1,3-8,18,22,24-25H2,2H3,(H,50,53). The number of nitrogens with zero attached hydrogens (tertiary/aromatic N) is 4. The summed E-state index contributed by atoms with van der Waals surface area (Å²) in [7, 11) is 2.09. The highest BCUT2D eigenvalue weighted by atomic mass is 16.5. The summed E-state index contributed by atoms with van der Waals surface area (Å²) in [5, 5.41) is 5.00. The van der Waals surface area contributed by atoms with Crippen LogP contribution in [-0.2, 0) is 18.3 Å². The molecule has 1 N–H and O–H groups in total. The van der Waals surface area contributed by atoms with Crippen LogP contribution in [0.15, 0.2) is 110 Å². The van der Waals surface area contributed by atoms with Gasteiger partial charge in [0, 0.05) is 72.1 Å². The van der Waals surface area contributed by atoms with Gasteiger partial charge in [-0.3, -0.25) is 24.3 Å². The third-order valence-corrected chi connectivity index (χ3v) is 11.6. The number of carbonyl (C=O) groups is 3. The van der Waals surface area contributed by atoms with Crippen molar-refractivity contribution in [1.29, 1.82) is 0 Å². The summed E-state index contributed by atoms with van der Waals surface area (Å²) >= 11 is 0. The van der Waals surface area contributed by atoms with Crippen molar-refractivity contribution in [1.82, 2.24) is 24.8 Å². The van der Waals surface area contributed by atoms with Crippen LogP contribution in [0.5, 0.6) is 17.4 Å². The van der Waals surface area contributed by atoms with E-state index in [9.17, 15) is 14.4 Å². The van der Waals surface area contributed by atoms with Gasteiger partial charge in [-0.05, 0) is 91.8 Å². The average Bonchev–Trinajstić information content (AvgIpc) is 3.65. The number of rotatable bonds is 14. The van der Waals surface area contributed by atoms with Gasteiger partial charge in [-0.25, -0.2) is 4.98 Å². The molecule has 1 unspecified atom stereocenters. The highest BCUT2D eigenvalue weighted by Crippen LogP contribution is 2.34. The summed E-state index contributed by atoms with van der Waals surface area (Å²) in [6.07, 6.45) is 13.4. The summed E-state index contributed by atoms with van der Waals surface area (Å²) in [5.74, 6) is 0.775. The first-order valence-electron chi connectivity index (χ1n) is 20.1. The van der Waals surface area contributed by atoms with Gasteiger partial charge in [-0.1, -0.05) is 43.7 Å². The van der Waals surface area contributed by atoms with Gasteiger partial charge in [0.2, 0.25) is 11.8 Å². The van der Waals surface area contributed by atoms with Crippen LogP contribution in [0.3, 0.4) is 0 Å². The van der Waals surface area contributed by atoms with Crippen LogP contribution in [0, 0.1) is 0 Å². The molecule has 1 saturated carbocycles. The number of hydrogen-bond donors (Lipinski definition) is 1. The zero-order valence-corrected chi connectivity index (χ0v) is 32.5. The van der Waals surface area contributed by atoms with Crippen molar-refractivity contribution in [2.75, 3.05) is 6.61 Å². The van der Waals surface area contributed by atoms with Crippen LogP contribution in [0.2, 0.25) is 0 Å². The Hall–Kier alpha value is -6.49. The minimum atomic E-state index is -0.825. The molecular formula is C47H45N5O6. The van der Waals surface area contributed by atoms with Gasteiger partial charge in [0.05, 0.1) is 23.3 Å². The lowest BCUT2D eigenvalue weighted by Gasteiger charge is -2.35. The molecule has 1 aliphatic carbocycles. The van der Waals surface area contributed by atoms with E-state index in [-0.39, 0.29) is 23.7 Å². The van der Waals surface area contributed by atoms with E-state index in [1.165, 1.54) is 16.5 Å². The van der Waals surface area contributed by atoms with E-state index in [1.807, 2.05) is 30.7 Å². The summed E-state index contributed by atoms with van der Waals surface area (Å²) in [5.41, 5.74) is 6.95. The van der Waals surface area contributed by atoms with E-state index in [4.69, 9.17) is 14.2 Å². The second-order valence-electron chi connectivity index (χ2n) is 15.5. The van der Waals surface area contributed by atoms with Crippen molar-refractivity contribution >= 4 is 39.5 Å². The molecular weight excluding hydrogens is 731 g/mol. The minimum absolute atomic E-state index is 0.0850. The van der Waals surface area contributed by atoms with Gasteiger partial charge < -0.3 is 24.1 Å². The van der Waals surface area contributed by atoms with Gasteiger partial charge in [-0.15, -0.1) is 0 Å². The molecule has 11 nitrogen and oxygen atoms in total. The maximum absolute atomic E-state index is 13.1. The number of unbranched alkanes of at least 4 members (excludes halogenated alkanes) is 3. The number of benzene rings is 3. The van der Waals surface area contributed by atoms with E-state index >= 15 is 0 Å². The van der Waals surface area contributed by atoms with Crippen LogP contribution < -0.4 is 19.5 Å². The number of aryl methyl sites for hydroxylation is 2. The topological polar surface area (TPSA) is 125 Å². The molecule has 3 aromatic heterocycles. The molecule has 0 radical (unpaired) electrons. The number of nitrogens with one attached hydrogen (secondary N) is 1. The van der Waals surface area contributed by atoms with Crippen molar-refractivity contribution < 1.29 is 28.6 Å². The quantitative estimate of drug-likeness (QED) is 0.0865. The molecule has 9 rings (SSSR count). The third kappa shape index (κ3) is 7.40. The Balaban J connectivity index is 0.664. The molecule has 3 aliphatic rings. The molecule has 0 bridgehead atoms. The molecule has 6 aromatic rings. The molecule has 294 valence electrons. The van der Waals surface area contributed by atoms with E-state index < -0.39 is 17.9 Å². The molecule has 2 aliphatic heterocycles. The fourth-order valence-electron chi connectivity index (χ4n) is 8.26. The lowest BCUT2D eigenvalue weighted by Crippen LogP contribution is -2.51. The highest BCUT2D eigenvalue weighted by Gasteiger charge is 2.44. The molecule has 3 amide bonds. The Kier molecular flexibility index (Phi) is 10.1. The Morgan fingerprint density at radius 1 is 0.759 bits per heavy atom. The van der Waals surface area contributed by atoms with Crippen LogP contribution in [0.25, 0.3) is 32.9 Å². The normalized spacial score (nSPS) is 19.0. The van der Waals surface area contributed by atoms with Gasteiger partial charge in [0.1, 0.15) is 29.7 Å². The monoisotopic (exact) mass is 775 g/mol. The summed E-state index contributed by atoms with van der Waals surface area (Å²) in [4.78, 5) is 48.5. The summed E-state index contributed by atoms with van der Waals surface area (Å²) < 4.78 is 20.5. The molecule has 0 spiro atoms. The maximum Gasteiger partial charge on any atom is 0.262 e. The smallest absolute Gasteiger partial charge is 0.262 e. The van der Waals surface area contributed by atoms with E-state index in [2.05, 4.69) is 82.0 Å². The van der Waals surface area contributed by atoms with Gasteiger partial charge in [0.15, 0.2) is 0 Å². The number of fused-ring (bicyclic) bond motifs is 4. The lowest BCUT2D eigenvalue weighted by molar-refractivity contribution is -0.125. The number of amides is 3. The van der Waals surface area contributed by atoms with Crippen molar-refractivity contribution in [2.45, 2.75) is 76.0 Å². The largest absolute Gasteiger partial charge is 0.494 e. The number of allylic oxidation sites excluding steroid dienone is 1. The van der Waals surface area contributed by atoms with E-state index in [0.717, 1.165) is 77.6 Å². The van der Waals surface area contributed by atoms with E-state index in [0.29, 0.717) is 42.3 Å². The number of aromatic nitrogens is 3. The summed E-state index contributed by atoms with van der Waals surface area (Å²) in [6.45, 7) is 4.29. The first-order valence-corrected chi connectivity index (χ1v) is 20.1. The van der Waals surface area contributed by atoms with Crippen molar-refractivity contribution in [2.24, 2.45) is 7.05 Å². The Labute approximate surface area is 336 Å². The number of pyridine rings is 2. The third-order valence-electron chi connectivity index (χ3n) is 11.6. The fraction of sp³-hybridized carbons (Fsp3) is 0.298. The molecule has 1 atom stereocenters. The molecule has 5 heterocycles. The second-order valence-corrected chi connectivity index (χ2v) is 15.5. The number of imide groups is 1. The molecule has 2 fully saturated rings. The Morgan fingerprint density at radius 3 is 2.34 bits per heavy atom. The fourth-order valence-corrected chi connectivity index (χ4v) is 8.26. The van der Waals surface area contributed by atoms with E-state index in [1.54, 1.807) is 18.2 Å². The molecule has 3 aromatic carbocycles. The van der Waals surface area contributed by atoms with Crippen LogP contribution in [-0.4, -0.2) is 62.0 Å².